The second-order valence-corrected chi connectivity index (χ2v) is 5.28. The van der Waals surface area contributed by atoms with E-state index in [4.69, 9.17) is 4.74 Å². The molecule has 20 heavy (non-hydrogen) atoms. The molecular formula is C15H23N3O2. The third-order valence-electron chi connectivity index (χ3n) is 3.73. The fourth-order valence-corrected chi connectivity index (χ4v) is 2.26. The standard InChI is InChI=1S/C15H23N3O2/c1-13(11-14-5-3-4-6-16-14)17(2)12-15(19)18-7-9-20-10-8-18/h3-6,13H,7-12H2,1-2H3/t13-/m0/s1. The van der Waals surface area contributed by atoms with Crippen LogP contribution < -0.4 is 0 Å². The van der Waals surface area contributed by atoms with Gasteiger partial charge in [0.15, 0.2) is 0 Å². The lowest BCUT2D eigenvalue weighted by Gasteiger charge is -2.30. The quantitative estimate of drug-likeness (QED) is 0.799. The lowest BCUT2D eigenvalue weighted by atomic mass is 10.1. The van der Waals surface area contributed by atoms with E-state index in [-0.39, 0.29) is 11.9 Å². The lowest BCUT2D eigenvalue weighted by Crippen LogP contribution is -2.46. The van der Waals surface area contributed by atoms with Gasteiger partial charge in [-0.2, -0.15) is 0 Å². The van der Waals surface area contributed by atoms with Crippen molar-refractivity contribution in [3.63, 3.8) is 0 Å². The number of ether oxygens (including phenoxy) is 1. The molecule has 0 aliphatic carbocycles. The molecule has 5 nitrogen and oxygen atoms in total. The van der Waals surface area contributed by atoms with Crippen LogP contribution in [0.4, 0.5) is 0 Å². The number of morpholine rings is 1. The maximum absolute atomic E-state index is 12.2. The van der Waals surface area contributed by atoms with Crippen molar-refractivity contribution in [1.29, 1.82) is 0 Å². The van der Waals surface area contributed by atoms with Crippen LogP contribution in [0.15, 0.2) is 24.4 Å². The van der Waals surface area contributed by atoms with E-state index in [0.29, 0.717) is 32.8 Å². The number of aromatic nitrogens is 1. The molecule has 5 heteroatoms. The number of hydrogen-bond donors (Lipinski definition) is 0. The van der Waals surface area contributed by atoms with Crippen molar-refractivity contribution in [3.8, 4) is 0 Å². The second kappa shape index (κ2) is 7.36. The van der Waals surface area contributed by atoms with Gasteiger partial charge in [0.1, 0.15) is 0 Å². The van der Waals surface area contributed by atoms with Gasteiger partial charge >= 0.3 is 0 Å². The van der Waals surface area contributed by atoms with Crippen LogP contribution in [0.3, 0.4) is 0 Å². The molecule has 0 aromatic carbocycles. The van der Waals surface area contributed by atoms with Crippen molar-refractivity contribution >= 4 is 5.91 Å². The van der Waals surface area contributed by atoms with Gasteiger partial charge in [-0.1, -0.05) is 6.07 Å². The van der Waals surface area contributed by atoms with Crippen LogP contribution in [0.25, 0.3) is 0 Å². The minimum absolute atomic E-state index is 0.184. The summed E-state index contributed by atoms with van der Waals surface area (Å²) < 4.78 is 5.27. The van der Waals surface area contributed by atoms with E-state index in [1.54, 1.807) is 6.20 Å². The maximum Gasteiger partial charge on any atom is 0.236 e. The summed E-state index contributed by atoms with van der Waals surface area (Å²) >= 11 is 0. The number of hydrogen-bond acceptors (Lipinski definition) is 4. The summed E-state index contributed by atoms with van der Waals surface area (Å²) in [5.74, 6) is 0.184. The van der Waals surface area contributed by atoms with Crippen LogP contribution in [-0.2, 0) is 16.0 Å². The first-order chi connectivity index (χ1) is 9.66. The molecule has 1 atom stereocenters. The Morgan fingerprint density at radius 3 is 2.85 bits per heavy atom. The first kappa shape index (κ1) is 14.9. The summed E-state index contributed by atoms with van der Waals surface area (Å²) in [4.78, 5) is 20.5. The van der Waals surface area contributed by atoms with Gasteiger partial charge in [-0.25, -0.2) is 0 Å². The zero-order chi connectivity index (χ0) is 14.4. The van der Waals surface area contributed by atoms with E-state index in [2.05, 4.69) is 16.8 Å². The number of pyridine rings is 1. The monoisotopic (exact) mass is 277 g/mol. The van der Waals surface area contributed by atoms with Crippen molar-refractivity contribution in [2.24, 2.45) is 0 Å². The third kappa shape index (κ3) is 4.28. The zero-order valence-corrected chi connectivity index (χ0v) is 12.3. The van der Waals surface area contributed by atoms with Crippen LogP contribution in [0.5, 0.6) is 0 Å². The summed E-state index contributed by atoms with van der Waals surface area (Å²) in [5, 5.41) is 0. The van der Waals surface area contributed by atoms with Gasteiger partial charge in [0, 0.05) is 37.4 Å². The van der Waals surface area contributed by atoms with Gasteiger partial charge in [0.2, 0.25) is 5.91 Å². The SMILES string of the molecule is C[C@@H](Cc1ccccn1)N(C)CC(=O)N1CCOCC1. The molecule has 1 aliphatic rings. The van der Waals surface area contributed by atoms with Crippen LogP contribution in [-0.4, -0.2) is 66.6 Å². The molecule has 0 saturated carbocycles. The minimum atomic E-state index is 0.184. The summed E-state index contributed by atoms with van der Waals surface area (Å²) in [6, 6.07) is 6.22. The molecule has 110 valence electrons. The summed E-state index contributed by atoms with van der Waals surface area (Å²) in [6.07, 6.45) is 2.66. The van der Waals surface area contributed by atoms with Crippen LogP contribution in [0, 0.1) is 0 Å². The third-order valence-corrected chi connectivity index (χ3v) is 3.73. The second-order valence-electron chi connectivity index (χ2n) is 5.28. The Labute approximate surface area is 120 Å². The van der Waals surface area contributed by atoms with Crippen LogP contribution in [0.1, 0.15) is 12.6 Å². The minimum Gasteiger partial charge on any atom is -0.378 e. The Morgan fingerprint density at radius 2 is 2.20 bits per heavy atom. The highest BCUT2D eigenvalue weighted by atomic mass is 16.5. The lowest BCUT2D eigenvalue weighted by molar-refractivity contribution is -0.136. The van der Waals surface area contributed by atoms with Crippen molar-refractivity contribution < 1.29 is 9.53 Å². The molecule has 1 amide bonds. The first-order valence-corrected chi connectivity index (χ1v) is 7.12. The highest BCUT2D eigenvalue weighted by molar-refractivity contribution is 5.78. The van der Waals surface area contributed by atoms with Gasteiger partial charge in [-0.15, -0.1) is 0 Å². The molecule has 2 heterocycles. The van der Waals surface area contributed by atoms with Gasteiger partial charge in [-0.05, 0) is 26.1 Å². The highest BCUT2D eigenvalue weighted by Crippen LogP contribution is 2.06. The molecule has 0 N–H and O–H groups in total. The van der Waals surface area contributed by atoms with E-state index in [9.17, 15) is 4.79 Å². The van der Waals surface area contributed by atoms with E-state index >= 15 is 0 Å². The van der Waals surface area contributed by atoms with Crippen molar-refractivity contribution in [1.82, 2.24) is 14.8 Å². The fourth-order valence-electron chi connectivity index (χ4n) is 2.26. The Morgan fingerprint density at radius 1 is 1.45 bits per heavy atom. The van der Waals surface area contributed by atoms with Gasteiger partial charge in [0.05, 0.1) is 19.8 Å². The molecule has 1 aromatic rings. The van der Waals surface area contributed by atoms with Crippen LogP contribution in [0.2, 0.25) is 0 Å². The van der Waals surface area contributed by atoms with Crippen molar-refractivity contribution in [3.05, 3.63) is 30.1 Å². The summed E-state index contributed by atoms with van der Waals surface area (Å²) in [7, 11) is 1.99. The topological polar surface area (TPSA) is 45.7 Å². The summed E-state index contributed by atoms with van der Waals surface area (Å²) in [5.41, 5.74) is 1.06. The largest absolute Gasteiger partial charge is 0.378 e. The maximum atomic E-state index is 12.2. The van der Waals surface area contributed by atoms with Crippen molar-refractivity contribution in [2.45, 2.75) is 19.4 Å². The molecule has 0 spiro atoms. The number of rotatable bonds is 5. The predicted octanol–water partition coefficient (Wildman–Crippen LogP) is 0.803. The van der Waals surface area contributed by atoms with E-state index in [0.717, 1.165) is 12.1 Å². The van der Waals surface area contributed by atoms with Gasteiger partial charge in [-0.3, -0.25) is 14.7 Å². The molecule has 1 aromatic heterocycles. The van der Waals surface area contributed by atoms with E-state index in [1.807, 2.05) is 30.1 Å². The van der Waals surface area contributed by atoms with Crippen molar-refractivity contribution in [2.75, 3.05) is 39.9 Å². The molecule has 0 radical (unpaired) electrons. The average molecular weight is 277 g/mol. The normalized spacial score (nSPS) is 17.2. The molecule has 1 fully saturated rings. The molecule has 0 bridgehead atoms. The molecule has 1 saturated heterocycles. The number of amides is 1. The van der Waals surface area contributed by atoms with Gasteiger partial charge in [0.25, 0.3) is 0 Å². The average Bonchev–Trinajstić information content (AvgIpc) is 2.49. The summed E-state index contributed by atoms with van der Waals surface area (Å²) in [6.45, 7) is 5.30. The Kier molecular flexibility index (Phi) is 5.49. The Hall–Kier alpha value is -1.46. The van der Waals surface area contributed by atoms with Crippen LogP contribution >= 0.6 is 0 Å². The Bertz CT molecular complexity index is 418. The predicted molar refractivity (Wildman–Crippen MR) is 77.4 cm³/mol. The smallest absolute Gasteiger partial charge is 0.236 e. The van der Waals surface area contributed by atoms with Gasteiger partial charge < -0.3 is 9.64 Å². The first-order valence-electron chi connectivity index (χ1n) is 7.12. The van der Waals surface area contributed by atoms with E-state index < -0.39 is 0 Å². The Balaban J connectivity index is 1.81. The number of carbonyl (C=O) groups excluding carboxylic acids is 1. The number of likely N-dealkylation sites (N-methyl/N-ethyl adjacent to an activating group) is 1. The molecule has 0 unspecified atom stereocenters. The molecule has 1 aliphatic heterocycles. The molecule has 2 rings (SSSR count). The highest BCUT2D eigenvalue weighted by Gasteiger charge is 2.20. The number of nitrogens with zero attached hydrogens (tertiary/aromatic N) is 3. The fraction of sp³-hybridized carbons (Fsp3) is 0.600. The number of carbonyl (C=O) groups is 1. The molecular weight excluding hydrogens is 254 g/mol. The zero-order valence-electron chi connectivity index (χ0n) is 12.3. The van der Waals surface area contributed by atoms with E-state index in [1.165, 1.54) is 0 Å².